The van der Waals surface area contributed by atoms with Crippen LogP contribution in [0.4, 0.5) is 0 Å². The van der Waals surface area contributed by atoms with Gasteiger partial charge in [-0.15, -0.1) is 11.8 Å². The number of rotatable bonds is 0. The Labute approximate surface area is 92.1 Å². The second kappa shape index (κ2) is 3.29. The van der Waals surface area contributed by atoms with Gasteiger partial charge in [0.2, 0.25) is 0 Å². The fourth-order valence-corrected chi connectivity index (χ4v) is 3.55. The molecule has 0 bridgehead atoms. The topological polar surface area (TPSA) is 3.24 Å². The third kappa shape index (κ3) is 1.32. The van der Waals surface area contributed by atoms with Crippen LogP contribution in [0.5, 0.6) is 0 Å². The molecule has 0 amide bonds. The summed E-state index contributed by atoms with van der Waals surface area (Å²) in [4.78, 5) is 2.92. The lowest BCUT2D eigenvalue weighted by atomic mass is 10.0. The van der Waals surface area contributed by atoms with Gasteiger partial charge in [-0.25, -0.2) is 0 Å². The maximum atomic E-state index is 5.25. The van der Waals surface area contributed by atoms with Crippen molar-refractivity contribution in [3.8, 4) is 0 Å². The minimum Gasteiger partial charge on any atom is -0.270 e. The monoisotopic (exact) mass is 233 g/mol. The van der Waals surface area contributed by atoms with Crippen LogP contribution in [0.3, 0.4) is 0 Å². The van der Waals surface area contributed by atoms with E-state index in [2.05, 4.69) is 12.8 Å². The molecule has 64 valence electrons. The van der Waals surface area contributed by atoms with Crippen molar-refractivity contribution < 1.29 is 0 Å². The number of fused-ring (bicyclic) bond motifs is 1. The molecule has 2 heterocycles. The lowest BCUT2D eigenvalue weighted by Crippen LogP contribution is -2.34. The van der Waals surface area contributed by atoms with Gasteiger partial charge >= 0.3 is 0 Å². The van der Waals surface area contributed by atoms with Crippen molar-refractivity contribution in [2.24, 2.45) is 5.92 Å². The van der Waals surface area contributed by atoms with Gasteiger partial charge in [-0.2, -0.15) is 0 Å². The van der Waals surface area contributed by atoms with Crippen LogP contribution >= 0.6 is 49.0 Å². The molecule has 0 radical (unpaired) electrons. The van der Waals surface area contributed by atoms with Crippen molar-refractivity contribution in [3.05, 3.63) is 11.0 Å². The Balaban J connectivity index is 2.38. The van der Waals surface area contributed by atoms with Crippen LogP contribution in [0.25, 0.3) is 0 Å². The van der Waals surface area contributed by atoms with Crippen molar-refractivity contribution in [2.45, 2.75) is 6.42 Å². The van der Waals surface area contributed by atoms with Gasteiger partial charge in [-0.1, -0.05) is 37.3 Å². The number of hydrogen-bond acceptors (Lipinski definition) is 4. The third-order valence-electron chi connectivity index (χ3n) is 2.00. The van der Waals surface area contributed by atoms with Crippen LogP contribution in [0.15, 0.2) is 11.0 Å². The smallest absolute Gasteiger partial charge is 0.117 e. The summed E-state index contributed by atoms with van der Waals surface area (Å²) >= 11 is 16.4. The molecule has 0 aliphatic carbocycles. The van der Waals surface area contributed by atoms with E-state index in [1.807, 2.05) is 17.8 Å². The highest BCUT2D eigenvalue weighted by atomic mass is 32.2. The van der Waals surface area contributed by atoms with Gasteiger partial charge in [0, 0.05) is 5.92 Å². The Hall–Kier alpha value is 0.420. The molecule has 1 unspecified atom stereocenters. The molecule has 0 aromatic carbocycles. The molecule has 2 aliphatic heterocycles. The van der Waals surface area contributed by atoms with Gasteiger partial charge < -0.3 is 0 Å². The van der Waals surface area contributed by atoms with Crippen molar-refractivity contribution in [2.75, 3.05) is 5.75 Å². The van der Waals surface area contributed by atoms with Crippen molar-refractivity contribution in [3.63, 3.8) is 0 Å². The van der Waals surface area contributed by atoms with Crippen LogP contribution < -0.4 is 0 Å². The first kappa shape index (κ1) is 8.99. The zero-order valence-electron chi connectivity index (χ0n) is 6.19. The number of nitrogens with zero attached hydrogens (tertiary/aromatic N) is 1. The lowest BCUT2D eigenvalue weighted by Gasteiger charge is -2.27. The molecule has 1 fully saturated rings. The summed E-state index contributed by atoms with van der Waals surface area (Å²) in [6.07, 6.45) is 3.15. The maximum absolute atomic E-state index is 5.25. The molecule has 2 rings (SSSR count). The van der Waals surface area contributed by atoms with Crippen LogP contribution in [0, 0.1) is 5.92 Å². The molecule has 1 saturated heterocycles. The molecule has 0 saturated carbocycles. The quantitative estimate of drug-likeness (QED) is 0.505. The molecule has 0 aromatic heterocycles. The highest BCUT2D eigenvalue weighted by Gasteiger charge is 2.32. The minimum atomic E-state index is 0.411. The molecule has 0 spiro atoms. The molecule has 1 nitrogen and oxygen atoms in total. The van der Waals surface area contributed by atoms with Gasteiger partial charge in [-0.3, -0.25) is 4.31 Å². The average Bonchev–Trinajstić information content (AvgIpc) is 2.48. The Morgan fingerprint density at radius 1 is 1.58 bits per heavy atom. The van der Waals surface area contributed by atoms with E-state index >= 15 is 0 Å². The Kier molecular flexibility index (Phi) is 2.46. The summed E-state index contributed by atoms with van der Waals surface area (Å²) in [5, 5.41) is 0. The lowest BCUT2D eigenvalue weighted by molar-refractivity contribution is 0.788. The molecule has 0 aromatic rings. The SMILES string of the molecule is S=C1C=C2SCCC2C(=S)N1S. The summed E-state index contributed by atoms with van der Waals surface area (Å²) in [7, 11) is 0. The normalized spacial score (nSPS) is 28.9. The number of thioether (sulfide) groups is 1. The summed E-state index contributed by atoms with van der Waals surface area (Å²) in [5.41, 5.74) is 0. The molecule has 2 aliphatic rings. The number of thiol groups is 1. The minimum absolute atomic E-state index is 0.411. The molecule has 1 atom stereocenters. The number of hydrogen-bond donors (Lipinski definition) is 1. The Bertz CT molecular complexity index is 283. The van der Waals surface area contributed by atoms with E-state index in [4.69, 9.17) is 24.4 Å². The van der Waals surface area contributed by atoms with E-state index in [9.17, 15) is 0 Å². The van der Waals surface area contributed by atoms with Crippen LogP contribution in [0.1, 0.15) is 6.42 Å². The predicted octanol–water partition coefficient (Wildman–Crippen LogP) is 2.44. The van der Waals surface area contributed by atoms with Gasteiger partial charge in [0.05, 0.1) is 0 Å². The zero-order chi connectivity index (χ0) is 8.72. The molecule has 0 N–H and O–H groups in total. The van der Waals surface area contributed by atoms with Gasteiger partial charge in [0.25, 0.3) is 0 Å². The van der Waals surface area contributed by atoms with E-state index in [1.54, 1.807) is 4.31 Å². The van der Waals surface area contributed by atoms with Crippen LogP contribution in [-0.2, 0) is 0 Å². The first-order valence-corrected chi connectivity index (χ1v) is 5.81. The molecular formula is C7H7NS4. The number of thiocarbonyl (C=S) groups is 2. The Morgan fingerprint density at radius 3 is 3.08 bits per heavy atom. The molecule has 12 heavy (non-hydrogen) atoms. The summed E-state index contributed by atoms with van der Waals surface area (Å²) < 4.78 is 1.64. The summed E-state index contributed by atoms with van der Waals surface area (Å²) in [6.45, 7) is 0. The first-order chi connectivity index (χ1) is 5.70. The third-order valence-corrected chi connectivity index (χ3v) is 4.64. The largest absolute Gasteiger partial charge is 0.270 e. The van der Waals surface area contributed by atoms with E-state index in [-0.39, 0.29) is 0 Å². The average molecular weight is 233 g/mol. The zero-order valence-corrected chi connectivity index (χ0v) is 9.53. The molecular weight excluding hydrogens is 226 g/mol. The Morgan fingerprint density at radius 2 is 2.33 bits per heavy atom. The fraction of sp³-hybridized carbons (Fsp3) is 0.429. The predicted molar refractivity (Wildman–Crippen MR) is 64.7 cm³/mol. The van der Waals surface area contributed by atoms with E-state index in [1.165, 1.54) is 4.91 Å². The van der Waals surface area contributed by atoms with E-state index in [0.29, 0.717) is 5.92 Å². The van der Waals surface area contributed by atoms with Gasteiger partial charge in [0.1, 0.15) is 9.98 Å². The van der Waals surface area contributed by atoms with Crippen molar-refractivity contribution >= 4 is 59.0 Å². The maximum Gasteiger partial charge on any atom is 0.117 e. The van der Waals surface area contributed by atoms with Gasteiger partial charge in [0.15, 0.2) is 0 Å². The highest BCUT2D eigenvalue weighted by Crippen LogP contribution is 2.40. The summed E-state index contributed by atoms with van der Waals surface area (Å²) in [5.74, 6) is 1.56. The first-order valence-electron chi connectivity index (χ1n) is 3.61. The van der Waals surface area contributed by atoms with Crippen molar-refractivity contribution in [1.29, 1.82) is 0 Å². The van der Waals surface area contributed by atoms with Crippen LogP contribution in [0.2, 0.25) is 0 Å². The molecule has 5 heteroatoms. The standard InChI is InChI=1S/C7H7NS4/c9-6-3-5-4(1-2-12-5)7(10)8(6)11/h3-4,11H,1-2H2. The second-order valence-electron chi connectivity index (χ2n) is 2.72. The van der Waals surface area contributed by atoms with Crippen molar-refractivity contribution in [1.82, 2.24) is 4.31 Å². The fourth-order valence-electron chi connectivity index (χ4n) is 1.36. The van der Waals surface area contributed by atoms with E-state index < -0.39 is 0 Å². The highest BCUT2D eigenvalue weighted by molar-refractivity contribution is 8.03. The second-order valence-corrected chi connectivity index (χ2v) is 5.13. The van der Waals surface area contributed by atoms with Crippen LogP contribution in [-0.4, -0.2) is 20.0 Å². The van der Waals surface area contributed by atoms with Gasteiger partial charge in [-0.05, 0) is 23.2 Å². The summed E-state index contributed by atoms with van der Waals surface area (Å²) in [6, 6.07) is 0. The van der Waals surface area contributed by atoms with E-state index in [0.717, 1.165) is 22.2 Å².